The number of hydrogen-bond acceptors (Lipinski definition) is 7. The molecule has 9 nitrogen and oxygen atoms in total. The highest BCUT2D eigenvalue weighted by Crippen LogP contribution is 2.29. The molecule has 2 aromatic heterocycles. The van der Waals surface area contributed by atoms with Crippen molar-refractivity contribution in [2.24, 2.45) is 5.73 Å². The summed E-state index contributed by atoms with van der Waals surface area (Å²) in [5.41, 5.74) is 8.89. The monoisotopic (exact) mass is 462 g/mol. The van der Waals surface area contributed by atoms with Crippen LogP contribution < -0.4 is 10.6 Å². The Hall–Kier alpha value is -3.92. The van der Waals surface area contributed by atoms with Gasteiger partial charge < -0.3 is 10.6 Å². The second-order valence-electron chi connectivity index (χ2n) is 8.57. The molecule has 0 atom stereocenters. The molecule has 0 aliphatic carbocycles. The van der Waals surface area contributed by atoms with Gasteiger partial charge in [0.1, 0.15) is 22.9 Å². The smallest absolute Gasteiger partial charge is 0.291 e. The first-order valence-corrected chi connectivity index (χ1v) is 11.0. The van der Waals surface area contributed by atoms with Crippen molar-refractivity contribution < 1.29 is 18.8 Å². The lowest BCUT2D eigenvalue weighted by molar-refractivity contribution is -0.114. The van der Waals surface area contributed by atoms with Gasteiger partial charge in [-0.05, 0) is 42.3 Å². The fourth-order valence-electron chi connectivity index (χ4n) is 4.68. The number of carbonyl (C=O) groups excluding carboxylic acids is 3. The summed E-state index contributed by atoms with van der Waals surface area (Å²) in [5.74, 6) is -2.28. The van der Waals surface area contributed by atoms with Gasteiger partial charge in [-0.1, -0.05) is 6.07 Å². The van der Waals surface area contributed by atoms with Crippen molar-refractivity contribution in [3.63, 3.8) is 0 Å². The average Bonchev–Trinajstić information content (AvgIpc) is 3.29. The number of nitrogens with two attached hydrogens (primary N) is 1. The Bertz CT molecular complexity index is 1330. The highest BCUT2D eigenvalue weighted by atomic mass is 19.1. The molecule has 3 aromatic rings. The Morgan fingerprint density at radius 2 is 1.88 bits per heavy atom. The minimum atomic E-state index is -1.03. The second-order valence-corrected chi connectivity index (χ2v) is 8.57. The Morgan fingerprint density at radius 3 is 2.59 bits per heavy atom. The van der Waals surface area contributed by atoms with Crippen LogP contribution in [0.4, 0.5) is 10.1 Å². The standard InChI is InChI=1S/C24H23FN6O3/c1-14-19(3-2-18(28-14)23(33)24(26)34)30-8-6-29(7-9-30)13-15-10-16-12-21(32)20-4-5-27-31(20)22(16)17(25)11-15/h2-5,10-11H,6-9,12-13H2,1H3,(H2,26,34). The zero-order valence-corrected chi connectivity index (χ0v) is 18.6. The quantitative estimate of drug-likeness (QED) is 0.451. The lowest BCUT2D eigenvalue weighted by Gasteiger charge is -2.36. The third kappa shape index (κ3) is 3.86. The normalized spacial score (nSPS) is 15.7. The third-order valence-corrected chi connectivity index (χ3v) is 6.33. The summed E-state index contributed by atoms with van der Waals surface area (Å²) < 4.78 is 16.4. The SMILES string of the molecule is Cc1nc(C(=O)C(N)=O)ccc1N1CCN(Cc2cc(F)c3c(c2)CC(=O)c2ccnn2-3)CC1. The van der Waals surface area contributed by atoms with Gasteiger partial charge in [0.25, 0.3) is 11.7 Å². The van der Waals surface area contributed by atoms with E-state index in [0.29, 0.717) is 29.2 Å². The molecule has 0 spiro atoms. The fraction of sp³-hybridized carbons (Fsp3) is 0.292. The Morgan fingerprint density at radius 1 is 1.12 bits per heavy atom. The van der Waals surface area contributed by atoms with Gasteiger partial charge in [-0.15, -0.1) is 0 Å². The predicted octanol–water partition coefficient (Wildman–Crippen LogP) is 1.44. The number of pyridine rings is 1. The predicted molar refractivity (Wildman–Crippen MR) is 122 cm³/mol. The molecule has 4 heterocycles. The van der Waals surface area contributed by atoms with Crippen molar-refractivity contribution in [2.75, 3.05) is 31.1 Å². The minimum Gasteiger partial charge on any atom is -0.368 e. The second kappa shape index (κ2) is 8.45. The van der Waals surface area contributed by atoms with E-state index in [1.165, 1.54) is 23.0 Å². The van der Waals surface area contributed by atoms with Gasteiger partial charge in [-0.2, -0.15) is 5.10 Å². The molecular formula is C24H23FN6O3. The van der Waals surface area contributed by atoms with Crippen LogP contribution in [0.1, 0.15) is 37.8 Å². The van der Waals surface area contributed by atoms with Crippen molar-refractivity contribution >= 4 is 23.2 Å². The number of carbonyl (C=O) groups is 3. The maximum absolute atomic E-state index is 15.0. The number of fused-ring (bicyclic) bond motifs is 3. The maximum Gasteiger partial charge on any atom is 0.291 e. The minimum absolute atomic E-state index is 0.0440. The molecule has 2 N–H and O–H groups in total. The van der Waals surface area contributed by atoms with Crippen molar-refractivity contribution in [3.05, 3.63) is 70.6 Å². The number of nitrogens with zero attached hydrogens (tertiary/aromatic N) is 5. The number of hydrogen-bond donors (Lipinski definition) is 1. The number of halogens is 1. The number of benzene rings is 1. The number of Topliss-reactive ketones (excluding diaryl/α,β-unsaturated/α-hetero) is 2. The van der Waals surface area contributed by atoms with Gasteiger partial charge in [-0.25, -0.2) is 14.1 Å². The maximum atomic E-state index is 15.0. The number of amides is 1. The largest absolute Gasteiger partial charge is 0.368 e. The average molecular weight is 462 g/mol. The van der Waals surface area contributed by atoms with Crippen LogP contribution in [0, 0.1) is 12.7 Å². The summed E-state index contributed by atoms with van der Waals surface area (Å²) in [6.07, 6.45) is 1.68. The topological polar surface area (TPSA) is 114 Å². The summed E-state index contributed by atoms with van der Waals surface area (Å²) in [7, 11) is 0. The number of rotatable bonds is 5. The summed E-state index contributed by atoms with van der Waals surface area (Å²) in [4.78, 5) is 43.9. The summed E-state index contributed by atoms with van der Waals surface area (Å²) >= 11 is 0. The van der Waals surface area contributed by atoms with Crippen LogP contribution in [0.15, 0.2) is 36.5 Å². The van der Waals surface area contributed by atoms with E-state index in [1.807, 2.05) is 6.07 Å². The zero-order chi connectivity index (χ0) is 24.0. The number of anilines is 1. The van der Waals surface area contributed by atoms with Gasteiger partial charge in [0.05, 0.1) is 17.6 Å². The third-order valence-electron chi connectivity index (χ3n) is 6.33. The molecule has 34 heavy (non-hydrogen) atoms. The Balaban J connectivity index is 1.27. The van der Waals surface area contributed by atoms with Crippen LogP contribution in [0.25, 0.3) is 5.69 Å². The van der Waals surface area contributed by atoms with Gasteiger partial charge in [-0.3, -0.25) is 19.3 Å². The molecule has 1 aromatic carbocycles. The van der Waals surface area contributed by atoms with E-state index in [-0.39, 0.29) is 23.7 Å². The zero-order valence-electron chi connectivity index (χ0n) is 18.6. The molecule has 10 heteroatoms. The van der Waals surface area contributed by atoms with Crippen LogP contribution in [0.5, 0.6) is 0 Å². The molecule has 0 bridgehead atoms. The first-order chi connectivity index (χ1) is 16.3. The highest BCUT2D eigenvalue weighted by Gasteiger charge is 2.27. The van der Waals surface area contributed by atoms with Gasteiger partial charge >= 0.3 is 0 Å². The Labute approximate surface area is 195 Å². The molecule has 5 rings (SSSR count). The lowest BCUT2D eigenvalue weighted by atomic mass is 9.98. The first kappa shape index (κ1) is 21.9. The van der Waals surface area contributed by atoms with E-state index >= 15 is 0 Å². The summed E-state index contributed by atoms with van der Waals surface area (Å²) in [5, 5.41) is 4.12. The molecule has 1 saturated heterocycles. The summed E-state index contributed by atoms with van der Waals surface area (Å²) in [6, 6.07) is 8.33. The molecule has 0 saturated carbocycles. The highest BCUT2D eigenvalue weighted by molar-refractivity contribution is 6.41. The van der Waals surface area contributed by atoms with Crippen LogP contribution in [-0.4, -0.2) is 63.3 Å². The van der Waals surface area contributed by atoms with Crippen molar-refractivity contribution in [3.8, 4) is 5.69 Å². The molecule has 1 fully saturated rings. The number of primary amides is 1. The molecule has 1 amide bonds. The first-order valence-electron chi connectivity index (χ1n) is 11.0. The molecule has 174 valence electrons. The van der Waals surface area contributed by atoms with E-state index in [1.54, 1.807) is 19.1 Å². The lowest BCUT2D eigenvalue weighted by Crippen LogP contribution is -2.46. The molecule has 0 radical (unpaired) electrons. The summed E-state index contributed by atoms with van der Waals surface area (Å²) in [6.45, 7) is 5.33. The Kier molecular flexibility index (Phi) is 5.45. The molecule has 2 aliphatic heterocycles. The van der Waals surface area contributed by atoms with Crippen LogP contribution in [-0.2, 0) is 17.8 Å². The van der Waals surface area contributed by atoms with Crippen molar-refractivity contribution in [1.82, 2.24) is 19.7 Å². The van der Waals surface area contributed by atoms with Gasteiger partial charge in [0, 0.05) is 39.1 Å². The van der Waals surface area contributed by atoms with Gasteiger partial charge in [0.15, 0.2) is 5.78 Å². The molecule has 2 aliphatic rings. The fourth-order valence-corrected chi connectivity index (χ4v) is 4.68. The number of aromatic nitrogens is 3. The van der Waals surface area contributed by atoms with E-state index in [4.69, 9.17) is 5.73 Å². The van der Waals surface area contributed by atoms with Crippen LogP contribution in [0.2, 0.25) is 0 Å². The van der Waals surface area contributed by atoms with Gasteiger partial charge in [0.2, 0.25) is 0 Å². The van der Waals surface area contributed by atoms with Crippen LogP contribution in [0.3, 0.4) is 0 Å². The van der Waals surface area contributed by atoms with E-state index in [9.17, 15) is 18.8 Å². The van der Waals surface area contributed by atoms with E-state index in [2.05, 4.69) is 19.9 Å². The van der Waals surface area contributed by atoms with Crippen molar-refractivity contribution in [2.45, 2.75) is 19.9 Å². The number of ketones is 2. The number of aryl methyl sites for hydroxylation is 1. The molecule has 0 unspecified atom stereocenters. The van der Waals surface area contributed by atoms with E-state index < -0.39 is 11.7 Å². The molecular weight excluding hydrogens is 439 g/mol. The van der Waals surface area contributed by atoms with E-state index in [0.717, 1.165) is 37.4 Å². The number of piperazine rings is 1. The van der Waals surface area contributed by atoms with Crippen LogP contribution >= 0.6 is 0 Å². The van der Waals surface area contributed by atoms with Crippen molar-refractivity contribution in [1.29, 1.82) is 0 Å².